The minimum absolute atomic E-state index is 0.258. The summed E-state index contributed by atoms with van der Waals surface area (Å²) in [7, 11) is 0. The third kappa shape index (κ3) is 2.53. The van der Waals surface area contributed by atoms with Crippen LogP contribution in [0.3, 0.4) is 0 Å². The van der Waals surface area contributed by atoms with Crippen LogP contribution in [0.2, 0.25) is 0 Å². The predicted octanol–water partition coefficient (Wildman–Crippen LogP) is 3.36. The van der Waals surface area contributed by atoms with Crippen molar-refractivity contribution in [1.82, 2.24) is 5.32 Å². The highest BCUT2D eigenvalue weighted by atomic mass is 19.4. The van der Waals surface area contributed by atoms with Crippen LogP contribution in [0.25, 0.3) is 5.57 Å². The lowest BCUT2D eigenvalue weighted by Gasteiger charge is -2.19. The summed E-state index contributed by atoms with van der Waals surface area (Å²) in [5, 5.41) is 2.93. The van der Waals surface area contributed by atoms with Crippen molar-refractivity contribution < 1.29 is 22.0 Å². The molecule has 1 aromatic rings. The van der Waals surface area contributed by atoms with Gasteiger partial charge in [-0.2, -0.15) is 13.2 Å². The Bertz CT molecular complexity index is 490. The molecular formula is C12H10F5N. The third-order valence-corrected chi connectivity index (χ3v) is 2.75. The Morgan fingerprint density at radius 3 is 2.39 bits per heavy atom. The predicted molar refractivity (Wildman–Crippen MR) is 56.8 cm³/mol. The van der Waals surface area contributed by atoms with Crippen molar-refractivity contribution in [2.75, 3.05) is 13.1 Å². The van der Waals surface area contributed by atoms with Gasteiger partial charge in [0.15, 0.2) is 0 Å². The molecule has 1 N–H and O–H groups in total. The zero-order valence-electron chi connectivity index (χ0n) is 9.24. The van der Waals surface area contributed by atoms with Gasteiger partial charge in [-0.15, -0.1) is 0 Å². The van der Waals surface area contributed by atoms with Gasteiger partial charge in [-0.05, 0) is 30.2 Å². The summed E-state index contributed by atoms with van der Waals surface area (Å²) in [6.45, 7) is 0.881. The average Bonchev–Trinajstić information content (AvgIpc) is 2.27. The topological polar surface area (TPSA) is 12.0 Å². The molecular weight excluding hydrogens is 253 g/mol. The molecule has 0 bridgehead atoms. The smallest absolute Gasteiger partial charge is 0.313 e. The van der Waals surface area contributed by atoms with Gasteiger partial charge >= 0.3 is 6.18 Å². The SMILES string of the molecule is Fc1cc(F)c(C(F)(F)F)c(C2=CCNCC2)c1. The Balaban J connectivity index is 2.61. The van der Waals surface area contributed by atoms with E-state index in [0.29, 0.717) is 25.1 Å². The lowest BCUT2D eigenvalue weighted by atomic mass is 9.94. The van der Waals surface area contributed by atoms with E-state index in [-0.39, 0.29) is 6.07 Å². The molecule has 0 aliphatic carbocycles. The first-order valence-electron chi connectivity index (χ1n) is 5.36. The minimum Gasteiger partial charge on any atom is -0.313 e. The molecule has 1 aliphatic heterocycles. The van der Waals surface area contributed by atoms with E-state index in [1.807, 2.05) is 0 Å². The van der Waals surface area contributed by atoms with Gasteiger partial charge in [0.05, 0.1) is 5.56 Å². The Morgan fingerprint density at radius 1 is 1.11 bits per heavy atom. The highest BCUT2D eigenvalue weighted by Gasteiger charge is 2.38. The maximum Gasteiger partial charge on any atom is 0.419 e. The first-order chi connectivity index (χ1) is 8.39. The van der Waals surface area contributed by atoms with Gasteiger partial charge in [-0.25, -0.2) is 8.78 Å². The Morgan fingerprint density at radius 2 is 1.83 bits per heavy atom. The summed E-state index contributed by atoms with van der Waals surface area (Å²) in [5.74, 6) is -2.58. The number of hydrogen-bond donors (Lipinski definition) is 1. The van der Waals surface area contributed by atoms with Gasteiger partial charge < -0.3 is 5.32 Å². The van der Waals surface area contributed by atoms with Crippen LogP contribution in [-0.4, -0.2) is 13.1 Å². The molecule has 2 rings (SSSR count). The third-order valence-electron chi connectivity index (χ3n) is 2.75. The molecule has 0 amide bonds. The minimum atomic E-state index is -4.83. The van der Waals surface area contributed by atoms with Gasteiger partial charge in [0.1, 0.15) is 11.6 Å². The zero-order chi connectivity index (χ0) is 13.3. The molecule has 1 nitrogen and oxygen atoms in total. The van der Waals surface area contributed by atoms with Crippen LogP contribution < -0.4 is 5.32 Å². The molecule has 0 saturated carbocycles. The standard InChI is InChI=1S/C12H10F5N/c13-8-5-9(7-1-3-18-4-2-7)11(10(14)6-8)12(15,16)17/h1,5-6,18H,2-4H2. The van der Waals surface area contributed by atoms with E-state index in [2.05, 4.69) is 5.32 Å². The van der Waals surface area contributed by atoms with Crippen molar-refractivity contribution in [1.29, 1.82) is 0 Å². The largest absolute Gasteiger partial charge is 0.419 e. The summed E-state index contributed by atoms with van der Waals surface area (Å²) in [5.41, 5.74) is -1.47. The maximum absolute atomic E-state index is 13.4. The monoisotopic (exact) mass is 263 g/mol. The molecule has 0 aromatic heterocycles. The van der Waals surface area contributed by atoms with E-state index in [9.17, 15) is 22.0 Å². The van der Waals surface area contributed by atoms with Gasteiger partial charge in [-0.1, -0.05) is 6.08 Å². The van der Waals surface area contributed by atoms with Crippen LogP contribution in [0.5, 0.6) is 0 Å². The first kappa shape index (κ1) is 13.0. The molecule has 6 heteroatoms. The molecule has 0 radical (unpaired) electrons. The number of nitrogens with one attached hydrogen (secondary N) is 1. The number of benzene rings is 1. The second-order valence-electron chi connectivity index (χ2n) is 3.99. The second-order valence-corrected chi connectivity index (χ2v) is 3.99. The Kier molecular flexibility index (Phi) is 3.38. The molecule has 1 aromatic carbocycles. The van der Waals surface area contributed by atoms with Crippen molar-refractivity contribution in [3.05, 3.63) is 41.0 Å². The van der Waals surface area contributed by atoms with Crippen molar-refractivity contribution in [2.24, 2.45) is 0 Å². The highest BCUT2D eigenvalue weighted by Crippen LogP contribution is 2.38. The number of halogens is 5. The number of hydrogen-bond acceptors (Lipinski definition) is 1. The van der Waals surface area contributed by atoms with Gasteiger partial charge in [0.25, 0.3) is 0 Å². The van der Waals surface area contributed by atoms with Crippen LogP contribution >= 0.6 is 0 Å². The molecule has 18 heavy (non-hydrogen) atoms. The van der Waals surface area contributed by atoms with Crippen molar-refractivity contribution >= 4 is 5.57 Å². The maximum atomic E-state index is 13.4. The summed E-state index contributed by atoms with van der Waals surface area (Å²) in [4.78, 5) is 0. The van der Waals surface area contributed by atoms with E-state index >= 15 is 0 Å². The lowest BCUT2D eigenvalue weighted by molar-refractivity contribution is -0.140. The quantitative estimate of drug-likeness (QED) is 0.766. The summed E-state index contributed by atoms with van der Waals surface area (Å²) < 4.78 is 64.8. The fourth-order valence-corrected chi connectivity index (χ4v) is 1.98. The van der Waals surface area contributed by atoms with Crippen LogP contribution in [0.15, 0.2) is 18.2 Å². The highest BCUT2D eigenvalue weighted by molar-refractivity contribution is 5.70. The Hall–Kier alpha value is -1.43. The van der Waals surface area contributed by atoms with Gasteiger partial charge in [0.2, 0.25) is 0 Å². The summed E-state index contributed by atoms with van der Waals surface area (Å²) >= 11 is 0. The molecule has 98 valence electrons. The number of rotatable bonds is 1. The zero-order valence-corrected chi connectivity index (χ0v) is 9.24. The average molecular weight is 263 g/mol. The number of alkyl halides is 3. The molecule has 1 heterocycles. The molecule has 0 atom stereocenters. The second kappa shape index (κ2) is 4.68. The van der Waals surface area contributed by atoms with Crippen LogP contribution in [0.4, 0.5) is 22.0 Å². The van der Waals surface area contributed by atoms with Crippen LogP contribution in [0, 0.1) is 11.6 Å². The summed E-state index contributed by atoms with van der Waals surface area (Å²) in [6, 6.07) is 0.997. The van der Waals surface area contributed by atoms with E-state index in [1.54, 1.807) is 0 Å². The molecule has 0 fully saturated rings. The molecule has 0 unspecified atom stereocenters. The fourth-order valence-electron chi connectivity index (χ4n) is 1.98. The first-order valence-corrected chi connectivity index (χ1v) is 5.36. The van der Waals surface area contributed by atoms with E-state index in [4.69, 9.17) is 0 Å². The van der Waals surface area contributed by atoms with E-state index in [1.165, 1.54) is 6.08 Å². The normalized spacial score (nSPS) is 16.6. The Labute approximate surface area is 100 Å². The van der Waals surface area contributed by atoms with Crippen molar-refractivity contribution in [2.45, 2.75) is 12.6 Å². The van der Waals surface area contributed by atoms with Crippen LogP contribution in [-0.2, 0) is 6.18 Å². The van der Waals surface area contributed by atoms with E-state index in [0.717, 1.165) is 6.07 Å². The fraction of sp³-hybridized carbons (Fsp3) is 0.333. The van der Waals surface area contributed by atoms with Gasteiger partial charge in [-0.3, -0.25) is 0 Å². The summed E-state index contributed by atoms with van der Waals surface area (Å²) in [6.07, 6.45) is -3.00. The molecule has 0 saturated heterocycles. The van der Waals surface area contributed by atoms with Crippen molar-refractivity contribution in [3.63, 3.8) is 0 Å². The van der Waals surface area contributed by atoms with Gasteiger partial charge in [0, 0.05) is 12.6 Å². The van der Waals surface area contributed by atoms with Crippen LogP contribution in [0.1, 0.15) is 17.5 Å². The lowest BCUT2D eigenvalue weighted by Crippen LogP contribution is -2.21. The van der Waals surface area contributed by atoms with Crippen molar-refractivity contribution in [3.8, 4) is 0 Å². The van der Waals surface area contributed by atoms with E-state index < -0.39 is 28.9 Å². The molecule has 1 aliphatic rings. The molecule has 0 spiro atoms.